The number of hydrogen-bond donors (Lipinski definition) is 0. The molecule has 1 aromatic heterocycles. The summed E-state index contributed by atoms with van der Waals surface area (Å²) in [5.41, 5.74) is 24.4. The largest absolute Gasteiger partial charge is 0.311 e. The molecule has 8 aromatic carbocycles. The first kappa shape index (κ1) is 43.7. The lowest BCUT2D eigenvalue weighted by atomic mass is 9.36. The minimum absolute atomic E-state index is 0.00902. The molecule has 0 saturated heterocycles. The average Bonchev–Trinajstić information content (AvgIpc) is 3.81. The van der Waals surface area contributed by atoms with Crippen LogP contribution in [0.1, 0.15) is 104 Å². The number of nitrogens with zero attached hydrogens (tertiary/aromatic N) is 2. The molecule has 340 valence electrons. The highest BCUT2D eigenvalue weighted by Gasteiger charge is 2.47. The zero-order valence-corrected chi connectivity index (χ0v) is 42.9. The Morgan fingerprint density at radius 3 is 1.62 bits per heavy atom. The van der Waals surface area contributed by atoms with Crippen molar-refractivity contribution in [2.24, 2.45) is 0 Å². The second-order valence-electron chi connectivity index (χ2n) is 23.5. The van der Waals surface area contributed by atoms with Crippen LogP contribution in [0, 0.1) is 0 Å². The van der Waals surface area contributed by atoms with E-state index >= 15 is 0 Å². The Hall–Kier alpha value is -6.62. The van der Waals surface area contributed by atoms with Gasteiger partial charge in [0.25, 0.3) is 6.71 Å². The van der Waals surface area contributed by atoms with E-state index in [9.17, 15) is 0 Å². The molecule has 0 saturated carbocycles. The first-order chi connectivity index (χ1) is 32.9. The summed E-state index contributed by atoms with van der Waals surface area (Å²) in [5.74, 6) is 0. The van der Waals surface area contributed by atoms with Gasteiger partial charge in [0.1, 0.15) is 0 Å². The molecule has 0 radical (unpaired) electrons. The van der Waals surface area contributed by atoms with Crippen LogP contribution in [0.5, 0.6) is 0 Å². The van der Waals surface area contributed by atoms with Crippen LogP contribution in [0.3, 0.4) is 0 Å². The van der Waals surface area contributed by atoms with Crippen molar-refractivity contribution < 1.29 is 0 Å². The SMILES string of the molecule is CC(C)(C)c1ccc(N2c3ccc(C(C)(C)C)cc3B3c4sc5cc6c(cc5c4N(c4ccc(C(C)(C)C)cc4)c4cc(-c5cccc(-c7ccccc7)c5)cc2c43)-c2ccccc2C6(C)C)cc1. The van der Waals surface area contributed by atoms with E-state index < -0.39 is 0 Å². The van der Waals surface area contributed by atoms with Gasteiger partial charge in [0, 0.05) is 48.7 Å². The molecule has 0 unspecified atom stereocenters. The molecule has 2 nitrogen and oxygen atoms in total. The lowest BCUT2D eigenvalue weighted by Gasteiger charge is -2.44. The maximum absolute atomic E-state index is 2.65. The Bertz CT molecular complexity index is 3520. The molecular formula is C65H61BN2S. The van der Waals surface area contributed by atoms with Gasteiger partial charge in [0.2, 0.25) is 0 Å². The summed E-state index contributed by atoms with van der Waals surface area (Å²) in [6, 6.07) is 65.4. The van der Waals surface area contributed by atoms with Gasteiger partial charge in [-0.15, -0.1) is 11.3 Å². The molecule has 3 aliphatic rings. The normalized spacial score (nSPS) is 14.6. The fraction of sp³-hybridized carbons (Fsp3) is 0.231. The summed E-state index contributed by atoms with van der Waals surface area (Å²) in [5, 5.41) is 1.32. The molecule has 0 spiro atoms. The standard InChI is InChI=1S/C65H61BN2S/c1-62(2,3)44-24-29-47(30-25-44)67-55-33-28-46(64(7,8)9)37-54(55)66-59-56(67)35-43(42-21-17-20-41(34-42)40-18-13-12-14-19-40)36-57(59)68(48-31-26-45(27-32-48)63(4,5)6)60-51-38-50-49-22-15-16-23-52(49)65(10,11)53(50)39-58(51)69-61(60)66/h12-39H,1-11H3. The van der Waals surface area contributed by atoms with Crippen molar-refractivity contribution >= 4 is 78.0 Å². The van der Waals surface area contributed by atoms with E-state index in [4.69, 9.17) is 0 Å². The number of fused-ring (bicyclic) bond motifs is 9. The van der Waals surface area contributed by atoms with Crippen LogP contribution in [0.15, 0.2) is 170 Å². The smallest absolute Gasteiger partial charge is 0.264 e. The molecular weight excluding hydrogens is 852 g/mol. The first-order valence-electron chi connectivity index (χ1n) is 24.9. The minimum atomic E-state index is -0.103. The second kappa shape index (κ2) is 15.2. The highest BCUT2D eigenvalue weighted by Crippen LogP contribution is 2.54. The molecule has 9 aromatic rings. The maximum Gasteiger partial charge on any atom is 0.264 e. The lowest BCUT2D eigenvalue weighted by molar-refractivity contribution is 0.590. The zero-order valence-electron chi connectivity index (χ0n) is 42.0. The summed E-state index contributed by atoms with van der Waals surface area (Å²) in [7, 11) is 0. The Morgan fingerprint density at radius 1 is 0.435 bits per heavy atom. The zero-order chi connectivity index (χ0) is 47.9. The van der Waals surface area contributed by atoms with Gasteiger partial charge in [-0.3, -0.25) is 0 Å². The molecule has 0 N–H and O–H groups in total. The summed E-state index contributed by atoms with van der Waals surface area (Å²) < 4.78 is 2.75. The second-order valence-corrected chi connectivity index (χ2v) is 24.6. The molecule has 0 amide bonds. The van der Waals surface area contributed by atoms with Crippen LogP contribution < -0.4 is 25.5 Å². The number of anilines is 6. The van der Waals surface area contributed by atoms with Gasteiger partial charge in [-0.05, 0) is 149 Å². The molecule has 12 rings (SSSR count). The van der Waals surface area contributed by atoms with Crippen molar-refractivity contribution in [2.45, 2.75) is 97.8 Å². The first-order valence-corrected chi connectivity index (χ1v) is 25.7. The van der Waals surface area contributed by atoms with E-state index in [1.807, 2.05) is 11.3 Å². The van der Waals surface area contributed by atoms with Crippen LogP contribution in [0.25, 0.3) is 43.5 Å². The molecule has 2 aliphatic heterocycles. The van der Waals surface area contributed by atoms with Gasteiger partial charge in [-0.2, -0.15) is 0 Å². The van der Waals surface area contributed by atoms with E-state index in [1.165, 1.54) is 121 Å². The molecule has 0 bridgehead atoms. The highest BCUT2D eigenvalue weighted by molar-refractivity contribution is 7.33. The van der Waals surface area contributed by atoms with E-state index in [2.05, 4.69) is 256 Å². The fourth-order valence-electron chi connectivity index (χ4n) is 11.6. The van der Waals surface area contributed by atoms with Crippen LogP contribution in [-0.2, 0) is 21.7 Å². The molecule has 3 heterocycles. The van der Waals surface area contributed by atoms with Gasteiger partial charge >= 0.3 is 0 Å². The minimum Gasteiger partial charge on any atom is -0.311 e. The molecule has 4 heteroatoms. The number of benzene rings is 8. The number of hydrogen-bond acceptors (Lipinski definition) is 3. The predicted molar refractivity (Wildman–Crippen MR) is 300 cm³/mol. The number of thiophene rings is 1. The molecule has 0 fully saturated rings. The topological polar surface area (TPSA) is 6.48 Å². The average molecular weight is 913 g/mol. The summed E-state index contributed by atoms with van der Waals surface area (Å²) in [6.07, 6.45) is 0. The van der Waals surface area contributed by atoms with E-state index in [-0.39, 0.29) is 28.4 Å². The maximum atomic E-state index is 2.65. The third-order valence-electron chi connectivity index (χ3n) is 15.5. The molecule has 0 atom stereocenters. The van der Waals surface area contributed by atoms with Crippen LogP contribution in [0.4, 0.5) is 34.1 Å². The predicted octanol–water partition coefficient (Wildman–Crippen LogP) is 16.5. The number of rotatable bonds is 4. The third kappa shape index (κ3) is 6.88. The van der Waals surface area contributed by atoms with Crippen molar-refractivity contribution in [1.82, 2.24) is 0 Å². The van der Waals surface area contributed by atoms with Gasteiger partial charge in [-0.1, -0.05) is 185 Å². The van der Waals surface area contributed by atoms with Gasteiger partial charge in [0.05, 0.1) is 5.69 Å². The van der Waals surface area contributed by atoms with Crippen molar-refractivity contribution in [3.8, 4) is 33.4 Å². The van der Waals surface area contributed by atoms with Crippen LogP contribution >= 0.6 is 11.3 Å². The van der Waals surface area contributed by atoms with Gasteiger partial charge in [0.15, 0.2) is 0 Å². The van der Waals surface area contributed by atoms with E-state index in [0.29, 0.717) is 0 Å². The van der Waals surface area contributed by atoms with Crippen molar-refractivity contribution in [3.63, 3.8) is 0 Å². The van der Waals surface area contributed by atoms with E-state index in [0.717, 1.165) is 0 Å². The lowest BCUT2D eigenvalue weighted by Crippen LogP contribution is -2.60. The van der Waals surface area contributed by atoms with Gasteiger partial charge in [-0.25, -0.2) is 0 Å². The van der Waals surface area contributed by atoms with E-state index in [1.54, 1.807) is 0 Å². The Kier molecular flexibility index (Phi) is 9.61. The Morgan fingerprint density at radius 2 is 0.986 bits per heavy atom. The summed E-state index contributed by atoms with van der Waals surface area (Å²) in [6.45, 7) is 25.7. The van der Waals surface area contributed by atoms with Crippen LogP contribution in [0.2, 0.25) is 0 Å². The highest BCUT2D eigenvalue weighted by atomic mass is 32.1. The van der Waals surface area contributed by atoms with Gasteiger partial charge < -0.3 is 9.80 Å². The van der Waals surface area contributed by atoms with Crippen LogP contribution in [-0.4, -0.2) is 6.71 Å². The monoisotopic (exact) mass is 912 g/mol. The van der Waals surface area contributed by atoms with Crippen molar-refractivity contribution in [2.75, 3.05) is 9.80 Å². The van der Waals surface area contributed by atoms with Crippen molar-refractivity contribution in [1.29, 1.82) is 0 Å². The summed E-state index contributed by atoms with van der Waals surface area (Å²) in [4.78, 5) is 5.24. The Balaban J connectivity index is 1.21. The molecule has 69 heavy (non-hydrogen) atoms. The molecule has 1 aliphatic carbocycles. The Labute approximate surface area is 414 Å². The fourth-order valence-corrected chi connectivity index (χ4v) is 12.9. The van der Waals surface area contributed by atoms with Crippen molar-refractivity contribution in [3.05, 3.63) is 198 Å². The quantitative estimate of drug-likeness (QED) is 0.162. The third-order valence-corrected chi connectivity index (χ3v) is 16.7. The summed E-state index contributed by atoms with van der Waals surface area (Å²) >= 11 is 2.01.